The van der Waals surface area contributed by atoms with Crippen LogP contribution in [0.15, 0.2) is 18.3 Å². The molecule has 0 atom stereocenters. The quantitative estimate of drug-likeness (QED) is 0.810. The number of methoxy groups -OCH3 is 1. The molecule has 5 heteroatoms. The lowest BCUT2D eigenvalue weighted by Gasteiger charge is -2.28. The van der Waals surface area contributed by atoms with Crippen molar-refractivity contribution in [1.82, 2.24) is 10.3 Å². The summed E-state index contributed by atoms with van der Waals surface area (Å²) in [7, 11) is 1.52. The summed E-state index contributed by atoms with van der Waals surface area (Å²) in [6.07, 6.45) is 3.87. The Morgan fingerprint density at radius 3 is 2.57 bits per heavy atom. The van der Waals surface area contributed by atoms with E-state index in [9.17, 15) is 9.90 Å². The van der Waals surface area contributed by atoms with E-state index in [-0.39, 0.29) is 17.1 Å². The van der Waals surface area contributed by atoms with Crippen molar-refractivity contribution in [3.8, 4) is 5.75 Å². The monoisotopic (exact) mass is 294 g/mol. The lowest BCUT2D eigenvalue weighted by atomic mass is 9.92. The van der Waals surface area contributed by atoms with Crippen LogP contribution in [0.3, 0.4) is 0 Å². The van der Waals surface area contributed by atoms with Crippen molar-refractivity contribution >= 4 is 5.91 Å². The molecule has 0 saturated heterocycles. The van der Waals surface area contributed by atoms with Crippen molar-refractivity contribution in [3.05, 3.63) is 24.0 Å². The Morgan fingerprint density at radius 2 is 2.00 bits per heavy atom. The van der Waals surface area contributed by atoms with Crippen molar-refractivity contribution in [2.45, 2.75) is 58.1 Å². The Bertz CT molecular complexity index is 479. The molecule has 0 aliphatic carbocycles. The number of carbonyl (C=O) groups excluding carboxylic acids is 1. The zero-order valence-corrected chi connectivity index (χ0v) is 13.6. The first kappa shape index (κ1) is 17.4. The Balaban J connectivity index is 2.64. The summed E-state index contributed by atoms with van der Waals surface area (Å²) < 4.78 is 5.15. The molecule has 118 valence electrons. The van der Waals surface area contributed by atoms with Gasteiger partial charge in [0.1, 0.15) is 5.75 Å². The van der Waals surface area contributed by atoms with Gasteiger partial charge in [0, 0.05) is 11.7 Å². The first-order chi connectivity index (χ1) is 9.64. The van der Waals surface area contributed by atoms with Crippen LogP contribution in [0, 0.1) is 0 Å². The molecule has 0 fully saturated rings. The molecule has 0 radical (unpaired) electrons. The summed E-state index contributed by atoms with van der Waals surface area (Å²) in [5.74, 6) is 0.211. The van der Waals surface area contributed by atoms with E-state index in [2.05, 4.69) is 10.3 Å². The minimum absolute atomic E-state index is 0.249. The molecule has 1 aromatic heterocycles. The van der Waals surface area contributed by atoms with E-state index in [1.165, 1.54) is 7.11 Å². The van der Waals surface area contributed by atoms with Gasteiger partial charge in [0.05, 0.1) is 12.7 Å². The molecule has 0 spiro atoms. The predicted octanol–water partition coefficient (Wildman–Crippen LogP) is 2.54. The van der Waals surface area contributed by atoms with Gasteiger partial charge in [0.15, 0.2) is 5.69 Å². The number of hydrogen-bond acceptors (Lipinski definition) is 4. The number of nitrogens with one attached hydrogen (secondary N) is 1. The van der Waals surface area contributed by atoms with E-state index in [1.807, 2.05) is 13.8 Å². The summed E-state index contributed by atoms with van der Waals surface area (Å²) in [5, 5.41) is 12.7. The minimum Gasteiger partial charge on any atom is -0.494 e. The fourth-order valence-electron chi connectivity index (χ4n) is 2.12. The highest BCUT2D eigenvalue weighted by Gasteiger charge is 2.24. The van der Waals surface area contributed by atoms with Gasteiger partial charge in [-0.1, -0.05) is 0 Å². The van der Waals surface area contributed by atoms with E-state index < -0.39 is 5.60 Å². The molecule has 0 aliphatic heterocycles. The number of aliphatic hydroxyl groups is 1. The maximum Gasteiger partial charge on any atom is 0.274 e. The van der Waals surface area contributed by atoms with Crippen LogP contribution < -0.4 is 10.1 Å². The summed E-state index contributed by atoms with van der Waals surface area (Å²) in [6, 6.07) is 3.44. The third-order valence-corrected chi connectivity index (χ3v) is 3.25. The largest absolute Gasteiger partial charge is 0.494 e. The normalized spacial score (nSPS) is 12.1. The van der Waals surface area contributed by atoms with Crippen LogP contribution in [0.2, 0.25) is 0 Å². The van der Waals surface area contributed by atoms with E-state index in [4.69, 9.17) is 4.74 Å². The van der Waals surface area contributed by atoms with Crippen LogP contribution in [-0.2, 0) is 0 Å². The Hall–Kier alpha value is -1.62. The highest BCUT2D eigenvalue weighted by atomic mass is 16.5. The van der Waals surface area contributed by atoms with Crippen LogP contribution in [0.1, 0.15) is 57.4 Å². The molecular formula is C16H26N2O3. The first-order valence-corrected chi connectivity index (χ1v) is 7.18. The standard InChI is InChI=1S/C16H26N2O3/c1-15(2,9-7-10-16(3,4)20)18-14(19)13-12(21-5)8-6-11-17-13/h6,8,11,20H,7,9-10H2,1-5H3,(H,18,19). The molecule has 0 unspecified atom stereocenters. The molecule has 1 heterocycles. The zero-order chi connectivity index (χ0) is 16.1. The maximum atomic E-state index is 12.3. The molecule has 5 nitrogen and oxygen atoms in total. The number of pyridine rings is 1. The number of amides is 1. The Morgan fingerprint density at radius 1 is 1.33 bits per heavy atom. The molecule has 21 heavy (non-hydrogen) atoms. The van der Waals surface area contributed by atoms with Gasteiger partial charge in [0.2, 0.25) is 0 Å². The van der Waals surface area contributed by atoms with Crippen LogP contribution in [0.4, 0.5) is 0 Å². The summed E-state index contributed by atoms with van der Waals surface area (Å²) in [6.45, 7) is 7.50. The molecule has 0 aromatic carbocycles. The van der Waals surface area contributed by atoms with Crippen LogP contribution in [0.25, 0.3) is 0 Å². The average molecular weight is 294 g/mol. The second-order valence-corrected chi connectivity index (χ2v) is 6.56. The van der Waals surface area contributed by atoms with Crippen LogP contribution >= 0.6 is 0 Å². The summed E-state index contributed by atoms with van der Waals surface area (Å²) in [4.78, 5) is 16.4. The number of rotatable bonds is 7. The van der Waals surface area contributed by atoms with Crippen LogP contribution in [0.5, 0.6) is 5.75 Å². The molecule has 2 N–H and O–H groups in total. The van der Waals surface area contributed by atoms with Gasteiger partial charge < -0.3 is 15.2 Å². The lowest BCUT2D eigenvalue weighted by molar-refractivity contribution is 0.0656. The van der Waals surface area contributed by atoms with E-state index in [0.29, 0.717) is 12.2 Å². The number of ether oxygens (including phenoxy) is 1. The number of carbonyl (C=O) groups is 1. The molecule has 1 aromatic rings. The summed E-state index contributed by atoms with van der Waals surface area (Å²) >= 11 is 0. The first-order valence-electron chi connectivity index (χ1n) is 7.18. The van der Waals surface area contributed by atoms with Crippen molar-refractivity contribution < 1.29 is 14.6 Å². The third kappa shape index (κ3) is 6.12. The molecule has 1 amide bonds. The van der Waals surface area contributed by atoms with Crippen molar-refractivity contribution in [1.29, 1.82) is 0 Å². The number of aromatic nitrogens is 1. The molecule has 1 rings (SSSR count). The topological polar surface area (TPSA) is 71.5 Å². The number of nitrogens with zero attached hydrogens (tertiary/aromatic N) is 1. The molecule has 0 bridgehead atoms. The zero-order valence-electron chi connectivity index (χ0n) is 13.6. The Kier molecular flexibility index (Phi) is 5.72. The van der Waals surface area contributed by atoms with Gasteiger partial charge in [-0.15, -0.1) is 0 Å². The smallest absolute Gasteiger partial charge is 0.274 e. The van der Waals surface area contributed by atoms with Gasteiger partial charge in [-0.25, -0.2) is 4.98 Å². The van der Waals surface area contributed by atoms with E-state index in [0.717, 1.165) is 12.8 Å². The Labute approximate surface area is 126 Å². The van der Waals surface area contributed by atoms with Gasteiger partial charge >= 0.3 is 0 Å². The van der Waals surface area contributed by atoms with Crippen molar-refractivity contribution in [2.75, 3.05) is 7.11 Å². The predicted molar refractivity (Wildman–Crippen MR) is 82.5 cm³/mol. The van der Waals surface area contributed by atoms with Gasteiger partial charge in [-0.3, -0.25) is 4.79 Å². The minimum atomic E-state index is -0.676. The second-order valence-electron chi connectivity index (χ2n) is 6.56. The molecule has 0 saturated carbocycles. The van der Waals surface area contributed by atoms with Crippen molar-refractivity contribution in [2.24, 2.45) is 0 Å². The van der Waals surface area contributed by atoms with Gasteiger partial charge in [0.25, 0.3) is 5.91 Å². The number of hydrogen-bond donors (Lipinski definition) is 2. The van der Waals surface area contributed by atoms with E-state index in [1.54, 1.807) is 32.2 Å². The third-order valence-electron chi connectivity index (χ3n) is 3.25. The van der Waals surface area contributed by atoms with Gasteiger partial charge in [-0.05, 0) is 59.1 Å². The van der Waals surface area contributed by atoms with E-state index >= 15 is 0 Å². The van der Waals surface area contributed by atoms with Crippen LogP contribution in [-0.4, -0.2) is 34.2 Å². The average Bonchev–Trinajstić information content (AvgIpc) is 2.36. The summed E-state index contributed by atoms with van der Waals surface area (Å²) in [5.41, 5.74) is -0.759. The molecule has 0 aliphatic rings. The highest BCUT2D eigenvalue weighted by Crippen LogP contribution is 2.20. The highest BCUT2D eigenvalue weighted by molar-refractivity contribution is 5.95. The second kappa shape index (κ2) is 6.89. The molecular weight excluding hydrogens is 268 g/mol. The van der Waals surface area contributed by atoms with Crippen molar-refractivity contribution in [3.63, 3.8) is 0 Å². The SMILES string of the molecule is COc1cccnc1C(=O)NC(C)(C)CCCC(C)(C)O. The fraction of sp³-hybridized carbons (Fsp3) is 0.625. The fourth-order valence-corrected chi connectivity index (χ4v) is 2.12. The maximum absolute atomic E-state index is 12.3. The lowest BCUT2D eigenvalue weighted by Crippen LogP contribution is -2.44. The van der Waals surface area contributed by atoms with Gasteiger partial charge in [-0.2, -0.15) is 0 Å².